The number of rotatable bonds is 5. The largest absolute Gasteiger partial charge is 0.354 e. The molecule has 0 atom stereocenters. The molecule has 2 N–H and O–H groups in total. The quantitative estimate of drug-likeness (QED) is 0.649. The zero-order valence-corrected chi connectivity index (χ0v) is 9.04. The van der Waals surface area contributed by atoms with Gasteiger partial charge in [0.25, 0.3) is 0 Å². The predicted octanol–water partition coefficient (Wildman–Crippen LogP) is 0.360. The Bertz CT molecular complexity index is 225. The van der Waals surface area contributed by atoms with E-state index in [0.29, 0.717) is 6.54 Å². The minimum atomic E-state index is -0.218. The molecule has 0 aromatic heterocycles. The van der Waals surface area contributed by atoms with Gasteiger partial charge < -0.3 is 5.32 Å². The first-order valence-corrected chi connectivity index (χ1v) is 5.42. The maximum atomic E-state index is 11.4. The fourth-order valence-corrected chi connectivity index (χ4v) is 1.69. The lowest BCUT2D eigenvalue weighted by Crippen LogP contribution is -2.35. The van der Waals surface area contributed by atoms with Gasteiger partial charge in [0.15, 0.2) is 6.61 Å². The summed E-state index contributed by atoms with van der Waals surface area (Å²) in [5.74, 6) is -0.250. The standard InChI is InChI=1S/C10H18N2O3/c1-2-11-9(13)7-15-12-10(14)8-5-3-4-6-8/h8H,2-7H2,1H3,(H,11,13)(H,12,14). The molecule has 1 aliphatic rings. The zero-order chi connectivity index (χ0) is 11.1. The molecule has 1 rings (SSSR count). The van der Waals surface area contributed by atoms with Crippen LogP contribution in [0.25, 0.3) is 0 Å². The monoisotopic (exact) mass is 214 g/mol. The van der Waals surface area contributed by atoms with Crippen molar-refractivity contribution < 1.29 is 14.4 Å². The molecule has 0 spiro atoms. The average molecular weight is 214 g/mol. The summed E-state index contributed by atoms with van der Waals surface area (Å²) in [5, 5.41) is 2.57. The summed E-state index contributed by atoms with van der Waals surface area (Å²) < 4.78 is 0. The lowest BCUT2D eigenvalue weighted by atomic mass is 10.1. The molecule has 0 bridgehead atoms. The lowest BCUT2D eigenvalue weighted by Gasteiger charge is -2.09. The van der Waals surface area contributed by atoms with Crippen LogP contribution in [0.1, 0.15) is 32.6 Å². The Balaban J connectivity index is 2.08. The van der Waals surface area contributed by atoms with Crippen molar-refractivity contribution in [3.8, 4) is 0 Å². The van der Waals surface area contributed by atoms with Crippen LogP contribution in [-0.4, -0.2) is 25.0 Å². The van der Waals surface area contributed by atoms with Crippen molar-refractivity contribution in [2.75, 3.05) is 13.2 Å². The third-order valence-electron chi connectivity index (χ3n) is 2.48. The second-order valence-electron chi connectivity index (χ2n) is 3.69. The van der Waals surface area contributed by atoms with Crippen molar-refractivity contribution in [1.82, 2.24) is 10.8 Å². The van der Waals surface area contributed by atoms with Gasteiger partial charge in [-0.15, -0.1) is 0 Å². The first-order valence-electron chi connectivity index (χ1n) is 5.42. The Morgan fingerprint density at radius 3 is 2.60 bits per heavy atom. The van der Waals surface area contributed by atoms with Crippen LogP contribution in [0, 0.1) is 5.92 Å². The molecule has 0 aromatic carbocycles. The number of likely N-dealkylation sites (N-methyl/N-ethyl adjacent to an activating group) is 1. The molecule has 1 fully saturated rings. The summed E-state index contributed by atoms with van der Waals surface area (Å²) in [5.41, 5.74) is 2.31. The summed E-state index contributed by atoms with van der Waals surface area (Å²) in [4.78, 5) is 27.2. The number of hydrogen-bond acceptors (Lipinski definition) is 3. The second-order valence-corrected chi connectivity index (χ2v) is 3.69. The number of nitrogens with one attached hydrogen (secondary N) is 2. The van der Waals surface area contributed by atoms with Gasteiger partial charge in [-0.05, 0) is 19.8 Å². The number of amides is 2. The van der Waals surface area contributed by atoms with E-state index < -0.39 is 0 Å². The number of hydroxylamine groups is 1. The molecule has 86 valence electrons. The number of hydrogen-bond donors (Lipinski definition) is 2. The highest BCUT2D eigenvalue weighted by atomic mass is 16.7. The van der Waals surface area contributed by atoms with Crippen LogP contribution in [0.4, 0.5) is 0 Å². The van der Waals surface area contributed by atoms with Crippen LogP contribution in [0.3, 0.4) is 0 Å². The molecule has 5 nitrogen and oxygen atoms in total. The average Bonchev–Trinajstić information content (AvgIpc) is 2.70. The Hall–Kier alpha value is -1.10. The van der Waals surface area contributed by atoms with E-state index in [9.17, 15) is 9.59 Å². The van der Waals surface area contributed by atoms with Gasteiger partial charge in [0, 0.05) is 12.5 Å². The minimum absolute atomic E-state index is 0.0687. The fourth-order valence-electron chi connectivity index (χ4n) is 1.69. The van der Waals surface area contributed by atoms with Gasteiger partial charge in [-0.25, -0.2) is 5.48 Å². The molecule has 0 aromatic rings. The van der Waals surface area contributed by atoms with E-state index >= 15 is 0 Å². The highest BCUT2D eigenvalue weighted by Crippen LogP contribution is 2.24. The van der Waals surface area contributed by atoms with Crippen LogP contribution in [0.2, 0.25) is 0 Å². The summed E-state index contributed by atoms with van der Waals surface area (Å²) in [6, 6.07) is 0. The van der Waals surface area contributed by atoms with Crippen LogP contribution >= 0.6 is 0 Å². The lowest BCUT2D eigenvalue weighted by molar-refractivity contribution is -0.142. The molecule has 0 saturated heterocycles. The SMILES string of the molecule is CCNC(=O)CONC(=O)C1CCCC1. The van der Waals surface area contributed by atoms with Crippen LogP contribution in [0.15, 0.2) is 0 Å². The fraction of sp³-hybridized carbons (Fsp3) is 0.800. The van der Waals surface area contributed by atoms with Crippen LogP contribution in [-0.2, 0) is 14.4 Å². The van der Waals surface area contributed by atoms with Crippen molar-refractivity contribution in [1.29, 1.82) is 0 Å². The first-order chi connectivity index (χ1) is 7.24. The summed E-state index contributed by atoms with van der Waals surface area (Å²) >= 11 is 0. The molecular formula is C10H18N2O3. The molecule has 0 radical (unpaired) electrons. The van der Waals surface area contributed by atoms with Gasteiger partial charge in [-0.2, -0.15) is 0 Å². The molecule has 1 saturated carbocycles. The van der Waals surface area contributed by atoms with Crippen molar-refractivity contribution in [3.05, 3.63) is 0 Å². The van der Waals surface area contributed by atoms with Gasteiger partial charge >= 0.3 is 0 Å². The van der Waals surface area contributed by atoms with E-state index in [2.05, 4.69) is 10.8 Å². The maximum absolute atomic E-state index is 11.4. The Morgan fingerprint density at radius 1 is 1.33 bits per heavy atom. The van der Waals surface area contributed by atoms with Crippen molar-refractivity contribution in [2.45, 2.75) is 32.6 Å². The zero-order valence-electron chi connectivity index (χ0n) is 9.04. The summed E-state index contributed by atoms with van der Waals surface area (Å²) in [7, 11) is 0. The van der Waals surface area contributed by atoms with E-state index in [0.717, 1.165) is 25.7 Å². The van der Waals surface area contributed by atoms with Crippen LogP contribution < -0.4 is 10.8 Å². The van der Waals surface area contributed by atoms with Crippen LogP contribution in [0.5, 0.6) is 0 Å². The number of carbonyl (C=O) groups is 2. The topological polar surface area (TPSA) is 67.4 Å². The summed E-state index contributed by atoms with van der Waals surface area (Å²) in [6.45, 7) is 2.28. The molecule has 15 heavy (non-hydrogen) atoms. The van der Waals surface area contributed by atoms with Gasteiger partial charge in [0.05, 0.1) is 0 Å². The van der Waals surface area contributed by atoms with Crippen molar-refractivity contribution in [3.63, 3.8) is 0 Å². The number of carbonyl (C=O) groups excluding carboxylic acids is 2. The Labute approximate surface area is 89.5 Å². The molecule has 5 heteroatoms. The normalized spacial score (nSPS) is 16.3. The van der Waals surface area contributed by atoms with Crippen molar-refractivity contribution in [2.24, 2.45) is 5.92 Å². The van der Waals surface area contributed by atoms with E-state index in [4.69, 9.17) is 4.84 Å². The maximum Gasteiger partial charge on any atom is 0.248 e. The Morgan fingerprint density at radius 2 is 2.00 bits per heavy atom. The summed E-state index contributed by atoms with van der Waals surface area (Å²) in [6.07, 6.45) is 4.06. The minimum Gasteiger partial charge on any atom is -0.354 e. The van der Waals surface area contributed by atoms with E-state index in [1.165, 1.54) is 0 Å². The Kier molecular flexibility index (Phi) is 5.10. The smallest absolute Gasteiger partial charge is 0.248 e. The van der Waals surface area contributed by atoms with Gasteiger partial charge in [-0.1, -0.05) is 12.8 Å². The molecule has 0 unspecified atom stereocenters. The highest BCUT2D eigenvalue weighted by Gasteiger charge is 2.22. The van der Waals surface area contributed by atoms with E-state index in [1.807, 2.05) is 6.92 Å². The highest BCUT2D eigenvalue weighted by molar-refractivity contribution is 5.79. The van der Waals surface area contributed by atoms with E-state index in [-0.39, 0.29) is 24.3 Å². The molecule has 0 aliphatic heterocycles. The molecule has 1 aliphatic carbocycles. The second kappa shape index (κ2) is 6.40. The first kappa shape index (κ1) is 12.0. The third kappa shape index (κ3) is 4.29. The molecule has 0 heterocycles. The van der Waals surface area contributed by atoms with Gasteiger partial charge in [0.2, 0.25) is 11.8 Å². The molecule has 2 amide bonds. The molecular weight excluding hydrogens is 196 g/mol. The third-order valence-corrected chi connectivity index (χ3v) is 2.48. The predicted molar refractivity (Wildman–Crippen MR) is 54.7 cm³/mol. The van der Waals surface area contributed by atoms with Gasteiger partial charge in [-0.3, -0.25) is 14.4 Å². The van der Waals surface area contributed by atoms with E-state index in [1.54, 1.807) is 0 Å². The van der Waals surface area contributed by atoms with Crippen molar-refractivity contribution >= 4 is 11.8 Å². The van der Waals surface area contributed by atoms with Gasteiger partial charge in [0.1, 0.15) is 0 Å².